The third-order valence-electron chi connectivity index (χ3n) is 4.18. The number of carbonyl (C=O) groups excluding carboxylic acids is 2. The first-order valence-electron chi connectivity index (χ1n) is 8.15. The molecule has 1 unspecified atom stereocenters. The Balaban J connectivity index is 1.90. The molecule has 1 atom stereocenters. The molecule has 0 spiro atoms. The molecule has 1 heterocycles. The van der Waals surface area contributed by atoms with Crippen molar-refractivity contribution in [1.29, 1.82) is 0 Å². The Morgan fingerprint density at radius 1 is 1.15 bits per heavy atom. The average molecular weight is 401 g/mol. The van der Waals surface area contributed by atoms with Gasteiger partial charge in [0.15, 0.2) is 0 Å². The number of aromatic hydroxyl groups is 1. The van der Waals surface area contributed by atoms with Crippen molar-refractivity contribution in [2.24, 2.45) is 5.73 Å². The monoisotopic (exact) mass is 400 g/mol. The van der Waals surface area contributed by atoms with Crippen LogP contribution in [0.1, 0.15) is 44.0 Å². The molecule has 0 saturated heterocycles. The van der Waals surface area contributed by atoms with E-state index >= 15 is 0 Å². The number of rotatable bonds is 5. The fraction of sp³-hybridized carbons (Fsp3) is 0.100. The van der Waals surface area contributed by atoms with Crippen molar-refractivity contribution in [3.63, 3.8) is 0 Å². The number of thiophene rings is 1. The predicted octanol–water partition coefficient (Wildman–Crippen LogP) is 4.61. The molecule has 0 aliphatic heterocycles. The van der Waals surface area contributed by atoms with Crippen LogP contribution in [-0.2, 0) is 0 Å². The first-order valence-corrected chi connectivity index (χ1v) is 9.34. The third-order valence-corrected chi connectivity index (χ3v) is 5.72. The van der Waals surface area contributed by atoms with Crippen LogP contribution in [0.15, 0.2) is 54.6 Å². The van der Waals surface area contributed by atoms with Crippen LogP contribution in [0, 0.1) is 0 Å². The van der Waals surface area contributed by atoms with E-state index in [2.05, 4.69) is 5.32 Å². The lowest BCUT2D eigenvalue weighted by atomic mass is 9.99. The van der Waals surface area contributed by atoms with Crippen molar-refractivity contribution >= 4 is 39.8 Å². The van der Waals surface area contributed by atoms with E-state index in [-0.39, 0.29) is 27.8 Å². The van der Waals surface area contributed by atoms with Gasteiger partial charge < -0.3 is 16.2 Å². The number of nitrogens with two attached hydrogens (primary N) is 1. The maximum atomic E-state index is 12.5. The second kappa shape index (κ2) is 7.82. The van der Waals surface area contributed by atoms with Crippen LogP contribution >= 0.6 is 22.9 Å². The summed E-state index contributed by atoms with van der Waals surface area (Å²) in [7, 11) is 0. The van der Waals surface area contributed by atoms with Crippen molar-refractivity contribution in [3.05, 3.63) is 81.2 Å². The quantitative estimate of drug-likeness (QED) is 0.583. The number of amides is 2. The number of benzene rings is 2. The van der Waals surface area contributed by atoms with Crippen LogP contribution in [0.5, 0.6) is 5.75 Å². The van der Waals surface area contributed by atoms with Crippen molar-refractivity contribution < 1.29 is 14.7 Å². The number of phenolic OH excluding ortho intramolecular Hbond substituents is 1. The zero-order valence-electron chi connectivity index (χ0n) is 14.4. The minimum Gasteiger partial charge on any atom is -0.506 e. The van der Waals surface area contributed by atoms with Crippen LogP contribution < -0.4 is 11.1 Å². The predicted molar refractivity (Wildman–Crippen MR) is 108 cm³/mol. The molecule has 2 aromatic carbocycles. The molecule has 0 aliphatic carbocycles. The van der Waals surface area contributed by atoms with E-state index < -0.39 is 11.8 Å². The van der Waals surface area contributed by atoms with Crippen molar-refractivity contribution in [3.8, 4) is 5.75 Å². The highest BCUT2D eigenvalue weighted by atomic mass is 35.5. The van der Waals surface area contributed by atoms with Gasteiger partial charge in [-0.15, -0.1) is 11.3 Å². The second-order valence-corrected chi connectivity index (χ2v) is 7.50. The van der Waals surface area contributed by atoms with Crippen LogP contribution in [0.4, 0.5) is 5.00 Å². The molecule has 0 saturated carbocycles. The summed E-state index contributed by atoms with van der Waals surface area (Å²) in [5, 5.41) is 12.7. The van der Waals surface area contributed by atoms with Gasteiger partial charge >= 0.3 is 0 Å². The van der Waals surface area contributed by atoms with E-state index in [1.165, 1.54) is 29.5 Å². The normalized spacial score (nSPS) is 11.8. The topological polar surface area (TPSA) is 92.4 Å². The summed E-state index contributed by atoms with van der Waals surface area (Å²) in [6.45, 7) is 2.03. The van der Waals surface area contributed by atoms with Crippen LogP contribution in [0.3, 0.4) is 0 Å². The molecule has 3 aromatic rings. The van der Waals surface area contributed by atoms with Gasteiger partial charge in [0.05, 0.1) is 10.6 Å². The minimum absolute atomic E-state index is 0.0445. The summed E-state index contributed by atoms with van der Waals surface area (Å²) < 4.78 is 0. The van der Waals surface area contributed by atoms with E-state index in [0.29, 0.717) is 5.00 Å². The Morgan fingerprint density at radius 2 is 1.85 bits per heavy atom. The SMILES string of the molecule is CC(c1ccccc1)c1cc(C(N)=O)c(NC(=O)c2ccc(O)c(Cl)c2)s1. The number of phenols is 1. The highest BCUT2D eigenvalue weighted by Crippen LogP contribution is 2.36. The molecule has 1 aromatic heterocycles. The van der Waals surface area contributed by atoms with E-state index in [9.17, 15) is 14.7 Å². The summed E-state index contributed by atoms with van der Waals surface area (Å²) in [4.78, 5) is 25.3. The van der Waals surface area contributed by atoms with Gasteiger partial charge in [0.25, 0.3) is 11.8 Å². The fourth-order valence-electron chi connectivity index (χ4n) is 2.63. The van der Waals surface area contributed by atoms with Crippen LogP contribution in [0.25, 0.3) is 0 Å². The first kappa shape index (κ1) is 18.9. The Morgan fingerprint density at radius 3 is 2.48 bits per heavy atom. The molecule has 0 aliphatic rings. The lowest BCUT2D eigenvalue weighted by Gasteiger charge is -2.09. The molecule has 0 radical (unpaired) electrons. The number of hydrogen-bond donors (Lipinski definition) is 3. The molecule has 3 rings (SSSR count). The summed E-state index contributed by atoms with van der Waals surface area (Å²) >= 11 is 7.16. The minimum atomic E-state index is -0.614. The Bertz CT molecular complexity index is 1000. The third kappa shape index (κ3) is 4.13. The molecule has 138 valence electrons. The molecule has 4 N–H and O–H groups in total. The van der Waals surface area contributed by atoms with Gasteiger partial charge in [0.1, 0.15) is 10.8 Å². The van der Waals surface area contributed by atoms with Crippen molar-refractivity contribution in [2.45, 2.75) is 12.8 Å². The molecule has 0 bridgehead atoms. The Hall–Kier alpha value is -2.83. The Labute approximate surface area is 165 Å². The number of nitrogens with one attached hydrogen (secondary N) is 1. The molecular weight excluding hydrogens is 384 g/mol. The largest absolute Gasteiger partial charge is 0.506 e. The summed E-state index contributed by atoms with van der Waals surface area (Å²) in [6, 6.07) is 15.7. The number of hydrogen-bond acceptors (Lipinski definition) is 4. The smallest absolute Gasteiger partial charge is 0.256 e. The highest BCUT2D eigenvalue weighted by Gasteiger charge is 2.20. The molecule has 27 heavy (non-hydrogen) atoms. The number of primary amides is 1. The first-order chi connectivity index (χ1) is 12.9. The van der Waals surface area contributed by atoms with E-state index in [4.69, 9.17) is 17.3 Å². The molecule has 0 fully saturated rings. The number of anilines is 1. The standard InChI is InChI=1S/C20H17ClN2O3S/c1-11(12-5-3-2-4-6-12)17-10-14(18(22)25)20(27-17)23-19(26)13-7-8-16(24)15(21)9-13/h2-11,24H,1H3,(H2,22,25)(H,23,26). The molecule has 5 nitrogen and oxygen atoms in total. The van der Waals surface area contributed by atoms with Crippen LogP contribution in [0.2, 0.25) is 5.02 Å². The second-order valence-electron chi connectivity index (χ2n) is 6.01. The highest BCUT2D eigenvalue weighted by molar-refractivity contribution is 7.16. The van der Waals surface area contributed by atoms with E-state index in [1.54, 1.807) is 6.07 Å². The van der Waals surface area contributed by atoms with Gasteiger partial charge in [0.2, 0.25) is 0 Å². The van der Waals surface area contributed by atoms with Gasteiger partial charge in [0, 0.05) is 16.4 Å². The summed E-state index contributed by atoms with van der Waals surface area (Å²) in [6.07, 6.45) is 0. The zero-order valence-corrected chi connectivity index (χ0v) is 16.0. The lowest BCUT2D eigenvalue weighted by molar-refractivity contribution is 0.100. The zero-order chi connectivity index (χ0) is 19.6. The van der Waals surface area contributed by atoms with Gasteiger partial charge in [-0.25, -0.2) is 0 Å². The van der Waals surface area contributed by atoms with Gasteiger partial charge in [-0.2, -0.15) is 0 Å². The van der Waals surface area contributed by atoms with Gasteiger partial charge in [-0.1, -0.05) is 48.9 Å². The van der Waals surface area contributed by atoms with Gasteiger partial charge in [-0.3, -0.25) is 9.59 Å². The molecule has 7 heteroatoms. The Kier molecular flexibility index (Phi) is 5.48. The fourth-order valence-corrected chi connectivity index (χ4v) is 3.95. The molecular formula is C20H17ClN2O3S. The summed E-state index contributed by atoms with van der Waals surface area (Å²) in [5.74, 6) is -1.12. The number of carbonyl (C=O) groups is 2. The maximum Gasteiger partial charge on any atom is 0.256 e. The average Bonchev–Trinajstić information content (AvgIpc) is 3.08. The van der Waals surface area contributed by atoms with Crippen LogP contribution in [-0.4, -0.2) is 16.9 Å². The van der Waals surface area contributed by atoms with Crippen molar-refractivity contribution in [2.75, 3.05) is 5.32 Å². The molecule has 2 amide bonds. The van der Waals surface area contributed by atoms with Gasteiger partial charge in [-0.05, 0) is 29.8 Å². The van der Waals surface area contributed by atoms with Crippen molar-refractivity contribution in [1.82, 2.24) is 0 Å². The lowest BCUT2D eigenvalue weighted by Crippen LogP contribution is -2.16. The maximum absolute atomic E-state index is 12.5. The number of halogens is 1. The van der Waals surface area contributed by atoms with E-state index in [1.807, 2.05) is 37.3 Å². The summed E-state index contributed by atoms with van der Waals surface area (Å²) in [5.41, 5.74) is 7.11. The van der Waals surface area contributed by atoms with E-state index in [0.717, 1.165) is 10.4 Å².